The summed E-state index contributed by atoms with van der Waals surface area (Å²) in [5.41, 5.74) is -0.361. The van der Waals surface area contributed by atoms with Gasteiger partial charge in [0.2, 0.25) is 11.8 Å². The number of piperazine rings is 1. The summed E-state index contributed by atoms with van der Waals surface area (Å²) in [7, 11) is 1.57. The average molecular weight is 374 g/mol. The molecule has 2 fully saturated rings. The van der Waals surface area contributed by atoms with Crippen LogP contribution < -0.4 is 15.0 Å². The monoisotopic (exact) mass is 374 g/mol. The fourth-order valence-corrected chi connectivity index (χ4v) is 3.12. The lowest BCUT2D eigenvalue weighted by molar-refractivity contribution is -0.138. The van der Waals surface area contributed by atoms with Crippen LogP contribution in [-0.2, 0) is 14.4 Å². The zero-order chi connectivity index (χ0) is 19.8. The van der Waals surface area contributed by atoms with Gasteiger partial charge in [-0.15, -0.1) is 0 Å². The number of hydrogen-bond donors (Lipinski definition) is 1. The van der Waals surface area contributed by atoms with Gasteiger partial charge in [0.25, 0.3) is 5.91 Å². The van der Waals surface area contributed by atoms with Gasteiger partial charge in [0.1, 0.15) is 24.4 Å². The van der Waals surface area contributed by atoms with Crippen LogP contribution in [0.25, 0.3) is 0 Å². The minimum atomic E-state index is -1.10. The fourth-order valence-electron chi connectivity index (χ4n) is 3.12. The molecule has 5 amide bonds. The molecule has 0 saturated carbocycles. The van der Waals surface area contributed by atoms with Crippen LogP contribution >= 0.6 is 0 Å². The summed E-state index contributed by atoms with van der Waals surface area (Å²) in [6, 6.07) is 6.52. The number of urea groups is 1. The van der Waals surface area contributed by atoms with E-state index in [0.717, 1.165) is 5.69 Å². The zero-order valence-corrected chi connectivity index (χ0v) is 15.5. The second kappa shape index (κ2) is 6.90. The van der Waals surface area contributed by atoms with E-state index in [4.69, 9.17) is 4.74 Å². The van der Waals surface area contributed by atoms with Crippen molar-refractivity contribution in [3.63, 3.8) is 0 Å². The first-order valence-corrected chi connectivity index (χ1v) is 8.59. The van der Waals surface area contributed by atoms with Crippen LogP contribution in [0.15, 0.2) is 24.3 Å². The summed E-state index contributed by atoms with van der Waals surface area (Å²) < 4.78 is 5.11. The SMILES string of the molecule is COc1ccc(N2CCN(C(=O)CN3C(=O)NC(=O)C3(C)C)CC2=O)cc1. The van der Waals surface area contributed by atoms with E-state index in [1.165, 1.54) is 9.80 Å². The van der Waals surface area contributed by atoms with Gasteiger partial charge >= 0.3 is 6.03 Å². The molecule has 27 heavy (non-hydrogen) atoms. The lowest BCUT2D eigenvalue weighted by atomic mass is 10.0. The van der Waals surface area contributed by atoms with Gasteiger partial charge in [0.15, 0.2) is 0 Å². The summed E-state index contributed by atoms with van der Waals surface area (Å²) >= 11 is 0. The zero-order valence-electron chi connectivity index (χ0n) is 15.5. The maximum atomic E-state index is 12.6. The molecule has 0 bridgehead atoms. The number of methoxy groups -OCH3 is 1. The molecule has 9 heteroatoms. The molecule has 0 aliphatic carbocycles. The maximum absolute atomic E-state index is 12.6. The van der Waals surface area contributed by atoms with Gasteiger partial charge < -0.3 is 19.4 Å². The van der Waals surface area contributed by atoms with Crippen molar-refractivity contribution in [2.45, 2.75) is 19.4 Å². The number of carbonyl (C=O) groups is 4. The van der Waals surface area contributed by atoms with Gasteiger partial charge in [0, 0.05) is 18.8 Å². The van der Waals surface area contributed by atoms with Crippen LogP contribution in [0, 0.1) is 0 Å². The number of carbonyl (C=O) groups excluding carboxylic acids is 4. The van der Waals surface area contributed by atoms with Crippen LogP contribution in [-0.4, -0.2) is 72.4 Å². The number of nitrogens with zero attached hydrogens (tertiary/aromatic N) is 3. The summed E-state index contributed by atoms with van der Waals surface area (Å²) in [4.78, 5) is 53.0. The molecular weight excluding hydrogens is 352 g/mol. The van der Waals surface area contributed by atoms with Crippen molar-refractivity contribution in [2.75, 3.05) is 38.2 Å². The topological polar surface area (TPSA) is 99.3 Å². The highest BCUT2D eigenvalue weighted by Gasteiger charge is 2.46. The number of hydrogen-bond acceptors (Lipinski definition) is 5. The Morgan fingerprint density at radius 3 is 2.33 bits per heavy atom. The Morgan fingerprint density at radius 1 is 1.15 bits per heavy atom. The predicted molar refractivity (Wildman–Crippen MR) is 96.3 cm³/mol. The predicted octanol–water partition coefficient (Wildman–Crippen LogP) is 0.201. The molecule has 0 spiro atoms. The van der Waals surface area contributed by atoms with Gasteiger partial charge in [-0.3, -0.25) is 19.7 Å². The molecule has 2 aliphatic rings. The van der Waals surface area contributed by atoms with Gasteiger partial charge in [-0.2, -0.15) is 0 Å². The number of ether oxygens (including phenoxy) is 1. The van der Waals surface area contributed by atoms with E-state index in [-0.39, 0.29) is 24.9 Å². The minimum absolute atomic E-state index is 0.0747. The fraction of sp³-hybridized carbons (Fsp3) is 0.444. The van der Waals surface area contributed by atoms with Crippen molar-refractivity contribution < 1.29 is 23.9 Å². The van der Waals surface area contributed by atoms with Crippen LogP contribution in [0.2, 0.25) is 0 Å². The molecule has 9 nitrogen and oxygen atoms in total. The molecule has 0 unspecified atom stereocenters. The van der Waals surface area contributed by atoms with Crippen molar-refractivity contribution in [1.82, 2.24) is 15.1 Å². The summed E-state index contributed by atoms with van der Waals surface area (Å²) in [6.07, 6.45) is 0. The van der Waals surface area contributed by atoms with E-state index in [2.05, 4.69) is 5.32 Å². The molecule has 0 aromatic heterocycles. The Hall–Kier alpha value is -3.10. The van der Waals surface area contributed by atoms with Crippen LogP contribution in [0.1, 0.15) is 13.8 Å². The van der Waals surface area contributed by atoms with Gasteiger partial charge in [0.05, 0.1) is 7.11 Å². The normalized spacial score (nSPS) is 19.4. The van der Waals surface area contributed by atoms with Crippen molar-refractivity contribution in [2.24, 2.45) is 0 Å². The quantitative estimate of drug-likeness (QED) is 0.759. The van der Waals surface area contributed by atoms with E-state index in [1.54, 1.807) is 50.1 Å². The van der Waals surface area contributed by atoms with E-state index >= 15 is 0 Å². The first-order valence-electron chi connectivity index (χ1n) is 8.59. The Labute approximate surface area is 156 Å². The summed E-state index contributed by atoms with van der Waals surface area (Å²) in [6.45, 7) is 3.53. The molecule has 1 N–H and O–H groups in total. The standard InChI is InChI=1S/C18H22N4O5/c1-18(2)16(25)19-17(26)22(18)11-14(23)20-8-9-21(15(24)10-20)12-4-6-13(27-3)7-5-12/h4-7H,8-11H2,1-3H3,(H,19,25,26). The third-order valence-corrected chi connectivity index (χ3v) is 4.95. The van der Waals surface area contributed by atoms with Crippen LogP contribution in [0.4, 0.5) is 10.5 Å². The third-order valence-electron chi connectivity index (χ3n) is 4.95. The Kier molecular flexibility index (Phi) is 4.77. The highest BCUT2D eigenvalue weighted by Crippen LogP contribution is 2.23. The van der Waals surface area contributed by atoms with Gasteiger partial charge in [-0.1, -0.05) is 0 Å². The first-order chi connectivity index (χ1) is 12.7. The average Bonchev–Trinajstić information content (AvgIpc) is 2.83. The largest absolute Gasteiger partial charge is 0.497 e. The maximum Gasteiger partial charge on any atom is 0.325 e. The Bertz CT molecular complexity index is 789. The molecule has 2 aliphatic heterocycles. The van der Waals surface area contributed by atoms with E-state index < -0.39 is 17.5 Å². The van der Waals surface area contributed by atoms with E-state index in [1.807, 2.05) is 0 Å². The van der Waals surface area contributed by atoms with E-state index in [9.17, 15) is 19.2 Å². The lowest BCUT2D eigenvalue weighted by Crippen LogP contribution is -2.56. The van der Waals surface area contributed by atoms with Crippen molar-refractivity contribution >= 4 is 29.4 Å². The molecule has 3 rings (SSSR count). The Morgan fingerprint density at radius 2 is 1.81 bits per heavy atom. The molecule has 144 valence electrons. The molecule has 1 aromatic rings. The molecule has 0 radical (unpaired) electrons. The number of anilines is 1. The second-order valence-corrected chi connectivity index (χ2v) is 6.96. The third kappa shape index (κ3) is 3.44. The Balaban J connectivity index is 1.63. The van der Waals surface area contributed by atoms with E-state index in [0.29, 0.717) is 18.8 Å². The summed E-state index contributed by atoms with van der Waals surface area (Å²) in [5, 5.41) is 2.20. The first kappa shape index (κ1) is 18.7. The lowest BCUT2D eigenvalue weighted by Gasteiger charge is -2.36. The van der Waals surface area contributed by atoms with Crippen LogP contribution in [0.3, 0.4) is 0 Å². The van der Waals surface area contributed by atoms with Gasteiger partial charge in [-0.05, 0) is 38.1 Å². The number of imide groups is 1. The molecule has 2 heterocycles. The molecule has 0 atom stereocenters. The number of benzene rings is 1. The van der Waals surface area contributed by atoms with Crippen molar-refractivity contribution in [1.29, 1.82) is 0 Å². The highest BCUT2D eigenvalue weighted by molar-refractivity contribution is 6.08. The smallest absolute Gasteiger partial charge is 0.325 e. The second-order valence-electron chi connectivity index (χ2n) is 6.96. The van der Waals surface area contributed by atoms with Gasteiger partial charge in [-0.25, -0.2) is 4.79 Å². The number of rotatable bonds is 4. The van der Waals surface area contributed by atoms with Crippen molar-refractivity contribution in [3.8, 4) is 5.75 Å². The molecular formula is C18H22N4O5. The minimum Gasteiger partial charge on any atom is -0.497 e. The number of nitrogens with one attached hydrogen (secondary N) is 1. The summed E-state index contributed by atoms with van der Waals surface area (Å²) in [5.74, 6) is -0.321. The molecule has 2 saturated heterocycles. The van der Waals surface area contributed by atoms with Crippen molar-refractivity contribution in [3.05, 3.63) is 24.3 Å². The molecule has 1 aromatic carbocycles. The highest BCUT2D eigenvalue weighted by atomic mass is 16.5. The van der Waals surface area contributed by atoms with Crippen LogP contribution in [0.5, 0.6) is 5.75 Å². The number of amides is 5.